The molecule has 0 bridgehead atoms. The molecule has 0 heterocycles. The molecule has 0 aliphatic carbocycles. The first-order chi connectivity index (χ1) is 15.1. The third-order valence-electron chi connectivity index (χ3n) is 5.52. The van der Waals surface area contributed by atoms with Crippen molar-refractivity contribution in [2.24, 2.45) is 11.8 Å². The van der Waals surface area contributed by atoms with E-state index in [1.165, 1.54) is 0 Å². The van der Waals surface area contributed by atoms with Crippen molar-refractivity contribution in [1.29, 1.82) is 0 Å². The lowest BCUT2D eigenvalue weighted by atomic mass is 9.94. The Labute approximate surface area is 193 Å². The van der Waals surface area contributed by atoms with Crippen LogP contribution >= 0.6 is 0 Å². The van der Waals surface area contributed by atoms with E-state index in [0.29, 0.717) is 19.0 Å². The van der Waals surface area contributed by atoms with Crippen molar-refractivity contribution in [3.63, 3.8) is 0 Å². The fourth-order valence-electron chi connectivity index (χ4n) is 3.85. The summed E-state index contributed by atoms with van der Waals surface area (Å²) in [5.74, 6) is 0.218. The van der Waals surface area contributed by atoms with Crippen LogP contribution in [0.5, 0.6) is 0 Å². The molecule has 32 heavy (non-hydrogen) atoms. The van der Waals surface area contributed by atoms with E-state index in [-0.39, 0.29) is 23.7 Å². The van der Waals surface area contributed by atoms with Gasteiger partial charge in [-0.2, -0.15) is 0 Å². The number of hydrogen-bond acceptors (Lipinski definition) is 3. The molecule has 0 aliphatic heterocycles. The second kappa shape index (κ2) is 11.7. The Morgan fingerprint density at radius 2 is 1.62 bits per heavy atom. The number of carbonyl (C=O) groups excluding carboxylic acids is 2. The molecule has 0 spiro atoms. The lowest BCUT2D eigenvalue weighted by Crippen LogP contribution is -2.37. The van der Waals surface area contributed by atoms with Crippen LogP contribution in [-0.2, 0) is 16.1 Å². The third-order valence-corrected chi connectivity index (χ3v) is 5.52. The molecule has 5 heteroatoms. The van der Waals surface area contributed by atoms with Gasteiger partial charge in [-0.3, -0.25) is 9.59 Å². The fraction of sp³-hybridized carbons (Fsp3) is 0.481. The van der Waals surface area contributed by atoms with Gasteiger partial charge in [-0.05, 0) is 41.7 Å². The number of nitrogens with one attached hydrogen (secondary N) is 1. The van der Waals surface area contributed by atoms with Gasteiger partial charge in [0.2, 0.25) is 11.8 Å². The van der Waals surface area contributed by atoms with E-state index in [9.17, 15) is 9.59 Å². The van der Waals surface area contributed by atoms with E-state index in [1.807, 2.05) is 81.4 Å². The zero-order valence-corrected chi connectivity index (χ0v) is 20.7. The summed E-state index contributed by atoms with van der Waals surface area (Å²) >= 11 is 0. The normalized spacial score (nSPS) is 12.0. The number of amides is 2. The summed E-state index contributed by atoms with van der Waals surface area (Å²) in [6, 6.07) is 16.0. The molecule has 2 amide bonds. The Bertz CT molecular complexity index is 891. The average Bonchev–Trinajstić information content (AvgIpc) is 2.74. The molecule has 2 aromatic rings. The first-order valence-electron chi connectivity index (χ1n) is 11.6. The van der Waals surface area contributed by atoms with Crippen LogP contribution in [0.1, 0.15) is 58.1 Å². The lowest BCUT2D eigenvalue weighted by Gasteiger charge is -2.30. The smallest absolute Gasteiger partial charge is 0.230 e. The highest BCUT2D eigenvalue weighted by molar-refractivity contribution is 5.92. The van der Waals surface area contributed by atoms with Crippen LogP contribution in [0.4, 0.5) is 11.4 Å². The van der Waals surface area contributed by atoms with Gasteiger partial charge in [-0.15, -0.1) is 0 Å². The Morgan fingerprint density at radius 1 is 0.969 bits per heavy atom. The quantitative estimate of drug-likeness (QED) is 0.532. The molecular formula is C27H39N3O2. The Morgan fingerprint density at radius 3 is 2.16 bits per heavy atom. The highest BCUT2D eigenvalue weighted by Gasteiger charge is 2.26. The summed E-state index contributed by atoms with van der Waals surface area (Å²) in [7, 11) is 4.00. The number of benzene rings is 2. The van der Waals surface area contributed by atoms with Gasteiger partial charge in [0.1, 0.15) is 0 Å². The van der Waals surface area contributed by atoms with Crippen LogP contribution in [-0.4, -0.2) is 37.4 Å². The van der Waals surface area contributed by atoms with Crippen molar-refractivity contribution in [1.82, 2.24) is 4.90 Å². The molecule has 1 N–H and O–H groups in total. The van der Waals surface area contributed by atoms with Crippen LogP contribution in [0.3, 0.4) is 0 Å². The molecule has 5 nitrogen and oxygen atoms in total. The number of rotatable bonds is 10. The van der Waals surface area contributed by atoms with Crippen molar-refractivity contribution >= 4 is 23.2 Å². The summed E-state index contributed by atoms with van der Waals surface area (Å²) in [5, 5.41) is 2.99. The number of anilines is 2. The standard InChI is InChI=1S/C27H39N3O2/c1-8-24(21-12-10-9-11-13-21)27(32)30(17-19(2)3)18-22-16-23(28-26(31)20(4)5)14-15-25(22)29(6)7/h9-16,19-20,24H,8,17-18H2,1-7H3,(H,28,31). The Balaban J connectivity index is 2.39. The number of nitrogens with zero attached hydrogens (tertiary/aromatic N) is 2. The first-order valence-corrected chi connectivity index (χ1v) is 11.6. The molecular weight excluding hydrogens is 398 g/mol. The van der Waals surface area contributed by atoms with E-state index in [0.717, 1.165) is 28.9 Å². The minimum absolute atomic E-state index is 0.0150. The van der Waals surface area contributed by atoms with Crippen molar-refractivity contribution < 1.29 is 9.59 Å². The third kappa shape index (κ3) is 6.84. The van der Waals surface area contributed by atoms with Crippen LogP contribution in [0.25, 0.3) is 0 Å². The van der Waals surface area contributed by atoms with Gasteiger partial charge in [0.25, 0.3) is 0 Å². The van der Waals surface area contributed by atoms with E-state index < -0.39 is 0 Å². The average molecular weight is 438 g/mol. The minimum atomic E-state index is -0.165. The molecule has 0 saturated heterocycles. The maximum absolute atomic E-state index is 13.7. The molecule has 0 radical (unpaired) electrons. The predicted octanol–water partition coefficient (Wildman–Crippen LogP) is 5.53. The zero-order chi connectivity index (χ0) is 23.8. The molecule has 174 valence electrons. The topological polar surface area (TPSA) is 52.7 Å². The largest absolute Gasteiger partial charge is 0.377 e. The fourth-order valence-corrected chi connectivity index (χ4v) is 3.85. The second-order valence-electron chi connectivity index (χ2n) is 9.37. The summed E-state index contributed by atoms with van der Waals surface area (Å²) in [5.41, 5.74) is 3.88. The maximum Gasteiger partial charge on any atom is 0.230 e. The van der Waals surface area contributed by atoms with Crippen LogP contribution < -0.4 is 10.2 Å². The Kier molecular flexibility index (Phi) is 9.30. The maximum atomic E-state index is 13.7. The number of hydrogen-bond donors (Lipinski definition) is 1. The van der Waals surface area contributed by atoms with E-state index in [1.54, 1.807) is 0 Å². The highest BCUT2D eigenvalue weighted by atomic mass is 16.2. The highest BCUT2D eigenvalue weighted by Crippen LogP contribution is 2.28. The molecule has 2 aromatic carbocycles. The van der Waals surface area contributed by atoms with Gasteiger partial charge in [-0.25, -0.2) is 0 Å². The lowest BCUT2D eigenvalue weighted by molar-refractivity contribution is -0.134. The summed E-state index contributed by atoms with van der Waals surface area (Å²) in [6.07, 6.45) is 0.752. The van der Waals surface area contributed by atoms with E-state index >= 15 is 0 Å². The van der Waals surface area contributed by atoms with E-state index in [4.69, 9.17) is 0 Å². The molecule has 1 atom stereocenters. The SMILES string of the molecule is CCC(C(=O)N(Cc1cc(NC(=O)C(C)C)ccc1N(C)C)CC(C)C)c1ccccc1. The summed E-state index contributed by atoms with van der Waals surface area (Å²) in [4.78, 5) is 29.9. The van der Waals surface area contributed by atoms with Gasteiger partial charge < -0.3 is 15.1 Å². The number of carbonyl (C=O) groups is 2. The summed E-state index contributed by atoms with van der Waals surface area (Å²) < 4.78 is 0. The van der Waals surface area contributed by atoms with Gasteiger partial charge >= 0.3 is 0 Å². The summed E-state index contributed by atoms with van der Waals surface area (Å²) in [6.45, 7) is 11.3. The molecule has 2 rings (SSSR count). The molecule has 0 fully saturated rings. The second-order valence-corrected chi connectivity index (χ2v) is 9.37. The predicted molar refractivity (Wildman–Crippen MR) is 134 cm³/mol. The van der Waals surface area contributed by atoms with Crippen molar-refractivity contribution in [3.8, 4) is 0 Å². The van der Waals surface area contributed by atoms with E-state index in [2.05, 4.69) is 31.0 Å². The van der Waals surface area contributed by atoms with Crippen LogP contribution in [0, 0.1) is 11.8 Å². The molecule has 1 unspecified atom stereocenters. The van der Waals surface area contributed by atoms with Crippen LogP contribution in [0.15, 0.2) is 48.5 Å². The zero-order valence-electron chi connectivity index (χ0n) is 20.7. The molecule has 0 aromatic heterocycles. The van der Waals surface area contributed by atoms with Crippen LogP contribution in [0.2, 0.25) is 0 Å². The monoisotopic (exact) mass is 437 g/mol. The van der Waals surface area contributed by atoms with Gasteiger partial charge in [0.15, 0.2) is 0 Å². The molecule has 0 aliphatic rings. The molecule has 0 saturated carbocycles. The van der Waals surface area contributed by atoms with Gasteiger partial charge in [0, 0.05) is 44.5 Å². The minimum Gasteiger partial charge on any atom is -0.377 e. The van der Waals surface area contributed by atoms with Crippen molar-refractivity contribution in [2.75, 3.05) is 30.9 Å². The van der Waals surface area contributed by atoms with Crippen molar-refractivity contribution in [3.05, 3.63) is 59.7 Å². The van der Waals surface area contributed by atoms with Gasteiger partial charge in [-0.1, -0.05) is 65.0 Å². The van der Waals surface area contributed by atoms with Crippen molar-refractivity contribution in [2.45, 2.75) is 53.5 Å². The Hall–Kier alpha value is -2.82. The first kappa shape index (κ1) is 25.4. The van der Waals surface area contributed by atoms with Gasteiger partial charge in [0.05, 0.1) is 5.92 Å².